The minimum Gasteiger partial charge on any atom is -0.268 e. The molecule has 0 bridgehead atoms. The second kappa shape index (κ2) is 4.04. The number of nitrogens with zero attached hydrogens (tertiary/aromatic N) is 3. The van der Waals surface area contributed by atoms with Gasteiger partial charge in [-0.25, -0.2) is 10.1 Å². The summed E-state index contributed by atoms with van der Waals surface area (Å²) in [4.78, 5) is 15.0. The van der Waals surface area contributed by atoms with Crippen LogP contribution in [-0.4, -0.2) is 25.4 Å². The Morgan fingerprint density at radius 1 is 1.27 bits per heavy atom. The molecule has 0 amide bonds. The highest BCUT2D eigenvalue weighted by Crippen LogP contribution is 2.08. The van der Waals surface area contributed by atoms with E-state index >= 15 is 0 Å². The van der Waals surface area contributed by atoms with Gasteiger partial charge >= 0.3 is 0 Å². The lowest BCUT2D eigenvalue weighted by Gasteiger charge is -1.90. The van der Waals surface area contributed by atoms with Gasteiger partial charge in [-0.1, -0.05) is 6.92 Å². The Hall–Kier alpha value is -1.98. The molecule has 2 aromatic rings. The molecule has 0 radical (unpaired) electrons. The maximum absolute atomic E-state index is 10.8. The fourth-order valence-electron chi connectivity index (χ4n) is 1.23. The lowest BCUT2D eigenvalue weighted by molar-refractivity contribution is 0.841. The van der Waals surface area contributed by atoms with Gasteiger partial charge in [0.1, 0.15) is 11.5 Å². The van der Waals surface area contributed by atoms with Crippen molar-refractivity contribution >= 4 is 0 Å². The molecule has 0 saturated carbocycles. The molecule has 78 valence electrons. The standard InChI is InChI=1S/C9H11N5O/c1-2-3-7-10-9(14-12-7)6-4-5-8(15)13-11-6/h4-5H,2-3H2,1H3,(H,13,15)(H,10,12,14). The first-order chi connectivity index (χ1) is 7.29. The van der Waals surface area contributed by atoms with Crippen molar-refractivity contribution in [1.29, 1.82) is 0 Å². The summed E-state index contributed by atoms with van der Waals surface area (Å²) in [6.07, 6.45) is 1.87. The van der Waals surface area contributed by atoms with Crippen LogP contribution in [0.5, 0.6) is 0 Å². The molecule has 0 fully saturated rings. The zero-order valence-corrected chi connectivity index (χ0v) is 8.32. The van der Waals surface area contributed by atoms with E-state index in [0.29, 0.717) is 11.5 Å². The summed E-state index contributed by atoms with van der Waals surface area (Å²) in [5.41, 5.74) is 0.330. The predicted octanol–water partition coefficient (Wildman–Crippen LogP) is 0.507. The van der Waals surface area contributed by atoms with Gasteiger partial charge in [0.25, 0.3) is 5.56 Å². The van der Waals surface area contributed by atoms with Crippen molar-refractivity contribution in [2.24, 2.45) is 0 Å². The van der Waals surface area contributed by atoms with Gasteiger partial charge in [0.15, 0.2) is 0 Å². The maximum atomic E-state index is 10.8. The molecule has 0 aromatic carbocycles. The molecule has 0 aliphatic carbocycles. The highest BCUT2D eigenvalue weighted by atomic mass is 16.1. The maximum Gasteiger partial charge on any atom is 0.264 e. The summed E-state index contributed by atoms with van der Waals surface area (Å²) < 4.78 is 0. The van der Waals surface area contributed by atoms with Crippen LogP contribution in [0.4, 0.5) is 0 Å². The van der Waals surface area contributed by atoms with E-state index in [-0.39, 0.29) is 5.56 Å². The fourth-order valence-corrected chi connectivity index (χ4v) is 1.23. The third-order valence-electron chi connectivity index (χ3n) is 1.93. The van der Waals surface area contributed by atoms with Crippen LogP contribution in [0.25, 0.3) is 11.5 Å². The van der Waals surface area contributed by atoms with E-state index in [4.69, 9.17) is 0 Å². The van der Waals surface area contributed by atoms with Crippen molar-refractivity contribution in [3.63, 3.8) is 0 Å². The van der Waals surface area contributed by atoms with Gasteiger partial charge in [0.05, 0.1) is 0 Å². The fraction of sp³-hybridized carbons (Fsp3) is 0.333. The van der Waals surface area contributed by atoms with E-state index in [9.17, 15) is 4.79 Å². The van der Waals surface area contributed by atoms with Crippen molar-refractivity contribution in [3.05, 3.63) is 28.3 Å². The van der Waals surface area contributed by atoms with E-state index in [2.05, 4.69) is 32.3 Å². The molecule has 2 heterocycles. The SMILES string of the molecule is CCCc1nc(-c2ccc(=O)[nH]n2)n[nH]1. The molecule has 6 heteroatoms. The number of nitrogens with one attached hydrogen (secondary N) is 2. The van der Waals surface area contributed by atoms with Crippen LogP contribution in [-0.2, 0) is 6.42 Å². The number of aromatic amines is 2. The molecule has 0 saturated heterocycles. The zero-order chi connectivity index (χ0) is 10.7. The second-order valence-corrected chi connectivity index (χ2v) is 3.16. The van der Waals surface area contributed by atoms with Gasteiger partial charge in [0.2, 0.25) is 5.82 Å². The lowest BCUT2D eigenvalue weighted by atomic mass is 10.3. The number of rotatable bonds is 3. The molecule has 0 atom stereocenters. The lowest BCUT2D eigenvalue weighted by Crippen LogP contribution is -2.05. The number of aromatic nitrogens is 5. The van der Waals surface area contributed by atoms with Crippen molar-refractivity contribution < 1.29 is 0 Å². The second-order valence-electron chi connectivity index (χ2n) is 3.16. The van der Waals surface area contributed by atoms with Crippen molar-refractivity contribution in [3.8, 4) is 11.5 Å². The van der Waals surface area contributed by atoms with E-state index in [1.165, 1.54) is 6.07 Å². The molecule has 6 nitrogen and oxygen atoms in total. The summed E-state index contributed by atoms with van der Waals surface area (Å²) in [5, 5.41) is 13.0. The molecule has 0 spiro atoms. The summed E-state index contributed by atoms with van der Waals surface area (Å²) in [5.74, 6) is 1.34. The zero-order valence-electron chi connectivity index (χ0n) is 8.32. The van der Waals surface area contributed by atoms with E-state index in [0.717, 1.165) is 18.7 Å². The first-order valence-corrected chi connectivity index (χ1v) is 4.77. The van der Waals surface area contributed by atoms with Crippen LogP contribution in [0.2, 0.25) is 0 Å². The van der Waals surface area contributed by atoms with Gasteiger partial charge in [-0.3, -0.25) is 9.89 Å². The average Bonchev–Trinajstić information content (AvgIpc) is 2.68. The Morgan fingerprint density at radius 2 is 2.13 bits per heavy atom. The molecule has 15 heavy (non-hydrogen) atoms. The predicted molar refractivity (Wildman–Crippen MR) is 54.2 cm³/mol. The Bertz CT molecular complexity index is 481. The molecule has 0 aliphatic heterocycles. The molecule has 2 N–H and O–H groups in total. The molecule has 0 aliphatic rings. The van der Waals surface area contributed by atoms with Crippen LogP contribution < -0.4 is 5.56 Å². The average molecular weight is 205 g/mol. The summed E-state index contributed by atoms with van der Waals surface area (Å²) in [6.45, 7) is 2.07. The number of aryl methyl sites for hydroxylation is 1. The molecular formula is C9H11N5O. The van der Waals surface area contributed by atoms with Gasteiger partial charge in [-0.15, -0.1) is 0 Å². The molecular weight excluding hydrogens is 194 g/mol. The van der Waals surface area contributed by atoms with E-state index < -0.39 is 0 Å². The largest absolute Gasteiger partial charge is 0.268 e. The summed E-state index contributed by atoms with van der Waals surface area (Å²) in [6, 6.07) is 3.00. The normalized spacial score (nSPS) is 10.5. The highest BCUT2D eigenvalue weighted by Gasteiger charge is 2.06. The van der Waals surface area contributed by atoms with Crippen LogP contribution in [0.3, 0.4) is 0 Å². The molecule has 2 rings (SSSR count). The van der Waals surface area contributed by atoms with Crippen LogP contribution in [0.15, 0.2) is 16.9 Å². The van der Waals surface area contributed by atoms with Crippen molar-refractivity contribution in [2.75, 3.05) is 0 Å². The smallest absolute Gasteiger partial charge is 0.264 e. The third-order valence-corrected chi connectivity index (χ3v) is 1.93. The van der Waals surface area contributed by atoms with Crippen molar-refractivity contribution in [2.45, 2.75) is 19.8 Å². The topological polar surface area (TPSA) is 87.3 Å². The Morgan fingerprint density at radius 3 is 2.80 bits per heavy atom. The van der Waals surface area contributed by atoms with Gasteiger partial charge in [0, 0.05) is 12.5 Å². The monoisotopic (exact) mass is 205 g/mol. The van der Waals surface area contributed by atoms with E-state index in [1.807, 2.05) is 0 Å². The first kappa shape index (κ1) is 9.57. The Labute approximate surface area is 85.8 Å². The van der Waals surface area contributed by atoms with Crippen LogP contribution in [0.1, 0.15) is 19.2 Å². The van der Waals surface area contributed by atoms with Gasteiger partial charge < -0.3 is 0 Å². The number of H-pyrrole nitrogens is 2. The summed E-state index contributed by atoms with van der Waals surface area (Å²) >= 11 is 0. The molecule has 2 aromatic heterocycles. The number of hydrogen-bond donors (Lipinski definition) is 2. The molecule has 0 unspecified atom stereocenters. The van der Waals surface area contributed by atoms with Crippen LogP contribution >= 0.6 is 0 Å². The van der Waals surface area contributed by atoms with Gasteiger partial charge in [-0.2, -0.15) is 10.2 Å². The van der Waals surface area contributed by atoms with Crippen molar-refractivity contribution in [1.82, 2.24) is 25.4 Å². The Balaban J connectivity index is 2.29. The summed E-state index contributed by atoms with van der Waals surface area (Å²) in [7, 11) is 0. The quantitative estimate of drug-likeness (QED) is 0.764. The first-order valence-electron chi connectivity index (χ1n) is 4.77. The minimum absolute atomic E-state index is 0.233. The minimum atomic E-state index is -0.233. The van der Waals surface area contributed by atoms with Gasteiger partial charge in [-0.05, 0) is 12.5 Å². The Kier molecular flexibility index (Phi) is 2.57. The third kappa shape index (κ3) is 2.09. The van der Waals surface area contributed by atoms with E-state index in [1.54, 1.807) is 6.07 Å². The number of hydrogen-bond acceptors (Lipinski definition) is 4. The van der Waals surface area contributed by atoms with Crippen LogP contribution in [0, 0.1) is 0 Å². The highest BCUT2D eigenvalue weighted by molar-refractivity contribution is 5.46.